The van der Waals surface area contributed by atoms with Crippen LogP contribution in [0.1, 0.15) is 74.5 Å². The van der Waals surface area contributed by atoms with E-state index in [1.165, 1.54) is 0 Å². The van der Waals surface area contributed by atoms with E-state index in [0.29, 0.717) is 17.9 Å². The van der Waals surface area contributed by atoms with Crippen LogP contribution in [0.3, 0.4) is 0 Å². The van der Waals surface area contributed by atoms with Crippen LogP contribution in [-0.2, 0) is 4.79 Å². The van der Waals surface area contributed by atoms with Crippen LogP contribution in [0.15, 0.2) is 12.1 Å². The molecule has 0 aliphatic rings. The molecule has 0 bridgehead atoms. The van der Waals surface area contributed by atoms with Crippen LogP contribution < -0.4 is 0 Å². The highest BCUT2D eigenvalue weighted by Crippen LogP contribution is 2.41. The summed E-state index contributed by atoms with van der Waals surface area (Å²) in [6, 6.07) is 4.01. The minimum absolute atomic E-state index is 0.0290. The Morgan fingerprint density at radius 1 is 1.04 bits per heavy atom. The van der Waals surface area contributed by atoms with Crippen molar-refractivity contribution in [1.29, 1.82) is 0 Å². The van der Waals surface area contributed by atoms with Crippen LogP contribution in [-0.4, -0.2) is 16.9 Å². The molecule has 3 heteroatoms. The van der Waals surface area contributed by atoms with Crippen molar-refractivity contribution in [3.8, 4) is 0 Å². The van der Waals surface area contributed by atoms with E-state index in [-0.39, 0.29) is 11.7 Å². The van der Waals surface area contributed by atoms with E-state index in [4.69, 9.17) is 0 Å². The summed E-state index contributed by atoms with van der Waals surface area (Å²) in [5, 5.41) is 9.99. The number of carboxylic acid groups (broad SMARTS) is 1. The first-order valence-electron chi connectivity index (χ1n) is 9.27. The van der Waals surface area contributed by atoms with E-state index in [1.807, 2.05) is 46.8 Å². The normalized spacial score (nSPS) is 15.3. The third-order valence-corrected chi connectivity index (χ3v) is 5.29. The first-order valence-corrected chi connectivity index (χ1v) is 9.27. The molecule has 0 heterocycles. The number of carbonyl (C=O) groups excluding carboxylic acids is 1. The SMILES string of the molecule is Cc1cc(C)c(C(=O)C(C(C)C)C(C)(CCC(C)C)C(=O)O)c(C)c1. The molecule has 25 heavy (non-hydrogen) atoms. The lowest BCUT2D eigenvalue weighted by Gasteiger charge is -2.36. The zero-order valence-corrected chi connectivity index (χ0v) is 17.1. The molecular weight excluding hydrogens is 312 g/mol. The lowest BCUT2D eigenvalue weighted by Crippen LogP contribution is -2.43. The van der Waals surface area contributed by atoms with Gasteiger partial charge in [0.05, 0.1) is 5.41 Å². The Bertz CT molecular complexity index is 620. The number of hydrogen-bond acceptors (Lipinski definition) is 2. The Morgan fingerprint density at radius 2 is 1.52 bits per heavy atom. The molecule has 0 radical (unpaired) electrons. The van der Waals surface area contributed by atoms with E-state index in [9.17, 15) is 14.7 Å². The fraction of sp³-hybridized carbons (Fsp3) is 0.636. The molecule has 1 aromatic rings. The van der Waals surface area contributed by atoms with Gasteiger partial charge in [0.25, 0.3) is 0 Å². The maximum atomic E-state index is 13.5. The van der Waals surface area contributed by atoms with Crippen LogP contribution in [0.4, 0.5) is 0 Å². The molecule has 3 nitrogen and oxygen atoms in total. The first kappa shape index (κ1) is 21.4. The predicted molar refractivity (Wildman–Crippen MR) is 103 cm³/mol. The molecule has 2 unspecified atom stereocenters. The molecule has 0 aliphatic carbocycles. The Hall–Kier alpha value is -1.64. The summed E-state index contributed by atoms with van der Waals surface area (Å²) >= 11 is 0. The topological polar surface area (TPSA) is 54.4 Å². The minimum atomic E-state index is -1.06. The highest BCUT2D eigenvalue weighted by molar-refractivity contribution is 6.03. The summed E-state index contributed by atoms with van der Waals surface area (Å²) in [6.07, 6.45) is 1.31. The van der Waals surface area contributed by atoms with Gasteiger partial charge >= 0.3 is 5.97 Å². The summed E-state index contributed by atoms with van der Waals surface area (Å²) in [5.74, 6) is -1.07. The van der Waals surface area contributed by atoms with Gasteiger partial charge in [-0.15, -0.1) is 0 Å². The fourth-order valence-corrected chi connectivity index (χ4v) is 4.04. The van der Waals surface area contributed by atoms with E-state index >= 15 is 0 Å². The Kier molecular flexibility index (Phi) is 6.99. The second-order valence-corrected chi connectivity index (χ2v) is 8.51. The lowest BCUT2D eigenvalue weighted by atomic mass is 9.65. The molecule has 1 aromatic carbocycles. The fourth-order valence-electron chi connectivity index (χ4n) is 4.04. The number of carbonyl (C=O) groups is 2. The van der Waals surface area contributed by atoms with Crippen LogP contribution in [0, 0.1) is 43.9 Å². The Morgan fingerprint density at radius 3 is 1.88 bits per heavy atom. The van der Waals surface area contributed by atoms with Crippen LogP contribution in [0.2, 0.25) is 0 Å². The summed E-state index contributed by atoms with van der Waals surface area (Å²) in [7, 11) is 0. The molecule has 2 atom stereocenters. The second kappa shape index (κ2) is 8.16. The van der Waals surface area contributed by atoms with Gasteiger partial charge in [0.15, 0.2) is 5.78 Å². The second-order valence-electron chi connectivity index (χ2n) is 8.51. The Labute approximate surface area is 152 Å². The number of hydrogen-bond donors (Lipinski definition) is 1. The average Bonchev–Trinajstić information content (AvgIpc) is 2.43. The van der Waals surface area contributed by atoms with Crippen molar-refractivity contribution in [3.05, 3.63) is 34.4 Å². The molecule has 140 valence electrons. The van der Waals surface area contributed by atoms with Crippen molar-refractivity contribution in [2.24, 2.45) is 23.2 Å². The zero-order chi connectivity index (χ0) is 19.5. The number of carboxylic acids is 1. The number of Topliss-reactive ketones (excluding diaryl/α,β-unsaturated/α-hetero) is 1. The molecule has 0 fully saturated rings. The molecule has 0 aromatic heterocycles. The van der Waals surface area contributed by atoms with Gasteiger partial charge in [0, 0.05) is 11.5 Å². The zero-order valence-electron chi connectivity index (χ0n) is 17.1. The van der Waals surface area contributed by atoms with Crippen molar-refractivity contribution in [2.75, 3.05) is 0 Å². The number of ketones is 1. The highest BCUT2D eigenvalue weighted by Gasteiger charge is 2.47. The third kappa shape index (κ3) is 4.71. The van der Waals surface area contributed by atoms with E-state index < -0.39 is 17.3 Å². The van der Waals surface area contributed by atoms with Crippen molar-refractivity contribution in [3.63, 3.8) is 0 Å². The largest absolute Gasteiger partial charge is 0.481 e. The van der Waals surface area contributed by atoms with Gasteiger partial charge in [0.1, 0.15) is 0 Å². The molecular formula is C22H34O3. The van der Waals surface area contributed by atoms with Gasteiger partial charge < -0.3 is 5.11 Å². The van der Waals surface area contributed by atoms with Gasteiger partial charge in [-0.05, 0) is 63.5 Å². The molecule has 0 saturated heterocycles. The average molecular weight is 347 g/mol. The monoisotopic (exact) mass is 346 g/mol. The summed E-state index contributed by atoms with van der Waals surface area (Å²) < 4.78 is 0. The van der Waals surface area contributed by atoms with Gasteiger partial charge in [-0.1, -0.05) is 45.4 Å². The lowest BCUT2D eigenvalue weighted by molar-refractivity contribution is -0.152. The van der Waals surface area contributed by atoms with Crippen molar-refractivity contribution in [2.45, 2.75) is 68.2 Å². The number of aryl methyl sites for hydroxylation is 3. The third-order valence-electron chi connectivity index (χ3n) is 5.29. The van der Waals surface area contributed by atoms with Gasteiger partial charge in [0.2, 0.25) is 0 Å². The van der Waals surface area contributed by atoms with E-state index in [1.54, 1.807) is 6.92 Å². The number of rotatable bonds is 8. The quantitative estimate of drug-likeness (QED) is 0.624. The molecule has 0 amide bonds. The summed E-state index contributed by atoms with van der Waals surface area (Å²) in [6.45, 7) is 15.7. The number of aliphatic carboxylic acids is 1. The highest BCUT2D eigenvalue weighted by atomic mass is 16.4. The van der Waals surface area contributed by atoms with Gasteiger partial charge in [-0.2, -0.15) is 0 Å². The standard InChI is InChI=1S/C22H34O3/c1-13(2)9-10-22(8,21(24)25)19(14(3)4)20(23)18-16(6)11-15(5)12-17(18)7/h11-14,19H,9-10H2,1-8H3,(H,24,25). The summed E-state index contributed by atoms with van der Waals surface area (Å²) in [4.78, 5) is 25.7. The molecule has 1 N–H and O–H groups in total. The van der Waals surface area contributed by atoms with E-state index in [0.717, 1.165) is 23.1 Å². The van der Waals surface area contributed by atoms with Crippen LogP contribution in [0.5, 0.6) is 0 Å². The molecule has 0 spiro atoms. The summed E-state index contributed by atoms with van der Waals surface area (Å²) in [5.41, 5.74) is 2.63. The molecule has 0 aliphatic heterocycles. The maximum absolute atomic E-state index is 13.5. The van der Waals surface area contributed by atoms with Gasteiger partial charge in [-0.3, -0.25) is 9.59 Å². The van der Waals surface area contributed by atoms with Crippen molar-refractivity contribution >= 4 is 11.8 Å². The van der Waals surface area contributed by atoms with E-state index in [2.05, 4.69) is 13.8 Å². The predicted octanol–water partition coefficient (Wildman–Crippen LogP) is 5.59. The minimum Gasteiger partial charge on any atom is -0.481 e. The first-order chi connectivity index (χ1) is 11.4. The van der Waals surface area contributed by atoms with Crippen LogP contribution >= 0.6 is 0 Å². The van der Waals surface area contributed by atoms with Gasteiger partial charge in [-0.25, -0.2) is 0 Å². The smallest absolute Gasteiger partial charge is 0.310 e. The van der Waals surface area contributed by atoms with Crippen molar-refractivity contribution in [1.82, 2.24) is 0 Å². The molecule has 0 saturated carbocycles. The van der Waals surface area contributed by atoms with Crippen molar-refractivity contribution < 1.29 is 14.7 Å². The number of benzene rings is 1. The maximum Gasteiger partial charge on any atom is 0.310 e. The Balaban J connectivity index is 3.43. The molecule has 1 rings (SSSR count). The van der Waals surface area contributed by atoms with Crippen LogP contribution in [0.25, 0.3) is 0 Å².